The number of esters is 1. The van der Waals surface area contributed by atoms with Crippen molar-refractivity contribution in [2.45, 2.75) is 6.54 Å². The van der Waals surface area contributed by atoms with Gasteiger partial charge in [-0.3, -0.25) is 4.90 Å². The molecule has 0 radical (unpaired) electrons. The smallest absolute Gasteiger partial charge is 0.337 e. The maximum absolute atomic E-state index is 12.0. The molecule has 0 saturated carbocycles. The molecule has 0 spiro atoms. The Balaban J connectivity index is 1.48. The number of nitrogens with zero attached hydrogens (tertiary/aromatic N) is 3. The summed E-state index contributed by atoms with van der Waals surface area (Å²) in [6.45, 7) is 5.29. The number of fused-ring (bicyclic) bond motifs is 1. The van der Waals surface area contributed by atoms with Crippen LogP contribution in [-0.4, -0.2) is 71.9 Å². The number of nitrogens with one attached hydrogen (secondary N) is 1. The van der Waals surface area contributed by atoms with Crippen molar-refractivity contribution >= 4 is 39.6 Å². The Kier molecular flexibility index (Phi) is 6.68. The van der Waals surface area contributed by atoms with Crippen molar-refractivity contribution < 1.29 is 14.6 Å². The first-order chi connectivity index (χ1) is 17.0. The number of aliphatic imine (C=N–C) groups is 1. The molecule has 4 aromatic rings. The van der Waals surface area contributed by atoms with Gasteiger partial charge in [-0.2, -0.15) is 11.3 Å². The molecule has 5 rings (SSSR count). The normalized spacial score (nSPS) is 15.5. The molecule has 2 aromatic heterocycles. The average molecular weight is 489 g/mol. The van der Waals surface area contributed by atoms with Crippen molar-refractivity contribution in [2.75, 3.05) is 40.3 Å². The molecule has 1 fully saturated rings. The molecule has 0 amide bonds. The van der Waals surface area contributed by atoms with E-state index in [-0.39, 0.29) is 5.88 Å². The summed E-state index contributed by atoms with van der Waals surface area (Å²) in [4.78, 5) is 24.7. The molecule has 1 aliphatic rings. The number of hydrogen-bond acceptors (Lipinski definition) is 7. The topological polar surface area (TPSA) is 81.2 Å². The van der Waals surface area contributed by atoms with E-state index in [0.29, 0.717) is 22.4 Å². The van der Waals surface area contributed by atoms with Gasteiger partial charge in [0.15, 0.2) is 5.88 Å². The molecule has 8 heteroatoms. The summed E-state index contributed by atoms with van der Waals surface area (Å²) in [5.41, 5.74) is 5.33. The highest BCUT2D eigenvalue weighted by Gasteiger charge is 2.20. The van der Waals surface area contributed by atoms with Crippen LogP contribution in [0.5, 0.6) is 5.88 Å². The zero-order valence-electron chi connectivity index (χ0n) is 19.8. The van der Waals surface area contributed by atoms with Gasteiger partial charge < -0.3 is 19.7 Å². The summed E-state index contributed by atoms with van der Waals surface area (Å²) in [5, 5.41) is 15.6. The summed E-state index contributed by atoms with van der Waals surface area (Å²) in [7, 11) is 3.51. The summed E-state index contributed by atoms with van der Waals surface area (Å²) in [5.74, 6) is -0.412. The van der Waals surface area contributed by atoms with E-state index >= 15 is 0 Å². The van der Waals surface area contributed by atoms with Crippen LogP contribution in [0, 0.1) is 0 Å². The zero-order chi connectivity index (χ0) is 24.4. The van der Waals surface area contributed by atoms with E-state index in [9.17, 15) is 9.90 Å². The SMILES string of the molecule is COC(=O)c1ccc2c(C(=Nc3ccc(CN4CCN(C)CC4)cc3)c3ccsc3)c(O)[nH]c2c1. The number of piperazine rings is 1. The third-order valence-corrected chi connectivity index (χ3v) is 7.09. The van der Waals surface area contributed by atoms with Crippen LogP contribution in [0.15, 0.2) is 64.3 Å². The van der Waals surface area contributed by atoms with Gasteiger partial charge in [0.25, 0.3) is 0 Å². The number of ether oxygens (including phenoxy) is 1. The fourth-order valence-corrected chi connectivity index (χ4v) is 5.04. The van der Waals surface area contributed by atoms with Gasteiger partial charge >= 0.3 is 5.97 Å². The zero-order valence-corrected chi connectivity index (χ0v) is 20.6. The second kappa shape index (κ2) is 10.0. The molecule has 0 bridgehead atoms. The standard InChI is InChI=1S/C27H28N4O3S/c1-30-10-12-31(13-11-30)16-18-3-6-21(7-4-18)28-25(20-9-14-35-17-20)24-22-8-5-19(27(33)34-2)15-23(22)29-26(24)32/h3-9,14-15,17,29,32H,10-13,16H2,1-2H3. The minimum Gasteiger partial charge on any atom is -0.494 e. The Morgan fingerprint density at radius 1 is 1.09 bits per heavy atom. The number of likely N-dealkylation sites (N-methyl/N-ethyl adjacent to an activating group) is 1. The number of benzene rings is 2. The highest BCUT2D eigenvalue weighted by atomic mass is 32.1. The average Bonchev–Trinajstić information content (AvgIpc) is 3.52. The maximum Gasteiger partial charge on any atom is 0.337 e. The summed E-state index contributed by atoms with van der Waals surface area (Å²) in [6.07, 6.45) is 0. The molecule has 3 heterocycles. The molecule has 7 nitrogen and oxygen atoms in total. The van der Waals surface area contributed by atoms with Crippen LogP contribution < -0.4 is 0 Å². The third-order valence-electron chi connectivity index (χ3n) is 6.41. The molecule has 35 heavy (non-hydrogen) atoms. The van der Waals surface area contributed by atoms with E-state index in [1.54, 1.807) is 23.5 Å². The van der Waals surface area contributed by atoms with Crippen molar-refractivity contribution in [3.05, 3.63) is 81.5 Å². The molecule has 1 saturated heterocycles. The van der Waals surface area contributed by atoms with Gasteiger partial charge in [-0.1, -0.05) is 18.2 Å². The van der Waals surface area contributed by atoms with Gasteiger partial charge in [-0.25, -0.2) is 9.79 Å². The molecule has 180 valence electrons. The lowest BCUT2D eigenvalue weighted by molar-refractivity contribution is 0.0601. The van der Waals surface area contributed by atoms with Crippen molar-refractivity contribution in [1.29, 1.82) is 0 Å². The lowest BCUT2D eigenvalue weighted by atomic mass is 10.0. The summed E-state index contributed by atoms with van der Waals surface area (Å²) < 4.78 is 4.83. The second-order valence-corrected chi connectivity index (χ2v) is 9.60. The number of hydrogen-bond donors (Lipinski definition) is 2. The Morgan fingerprint density at radius 2 is 1.86 bits per heavy atom. The van der Waals surface area contributed by atoms with Gasteiger partial charge in [0.05, 0.1) is 29.6 Å². The molecule has 1 aliphatic heterocycles. The van der Waals surface area contributed by atoms with Crippen LogP contribution in [0.2, 0.25) is 0 Å². The first-order valence-corrected chi connectivity index (χ1v) is 12.5. The predicted molar refractivity (Wildman–Crippen MR) is 140 cm³/mol. The predicted octanol–water partition coefficient (Wildman–Crippen LogP) is 4.64. The largest absolute Gasteiger partial charge is 0.494 e. The molecule has 0 unspecified atom stereocenters. The molecule has 2 aromatic carbocycles. The number of aromatic amines is 1. The minimum absolute atomic E-state index is 0.0126. The number of methoxy groups -OCH3 is 1. The number of thiophene rings is 1. The van der Waals surface area contributed by atoms with Crippen molar-refractivity contribution in [3.63, 3.8) is 0 Å². The first-order valence-electron chi connectivity index (χ1n) is 11.6. The van der Waals surface area contributed by atoms with Crippen molar-refractivity contribution in [1.82, 2.24) is 14.8 Å². The van der Waals surface area contributed by atoms with Gasteiger partial charge in [0, 0.05) is 54.6 Å². The number of carbonyl (C=O) groups is 1. The Morgan fingerprint density at radius 3 is 2.54 bits per heavy atom. The fourth-order valence-electron chi connectivity index (χ4n) is 4.40. The van der Waals surface area contributed by atoms with Gasteiger partial charge in [-0.05, 0) is 48.3 Å². The van der Waals surface area contributed by atoms with Crippen LogP contribution in [0.1, 0.15) is 27.0 Å². The van der Waals surface area contributed by atoms with Gasteiger partial charge in [0.2, 0.25) is 0 Å². The molecule has 0 aliphatic carbocycles. The fraction of sp³-hybridized carbons (Fsp3) is 0.259. The Bertz CT molecular complexity index is 1350. The molecule has 0 atom stereocenters. The lowest BCUT2D eigenvalue weighted by Crippen LogP contribution is -2.43. The van der Waals surface area contributed by atoms with Gasteiger partial charge in [0.1, 0.15) is 0 Å². The van der Waals surface area contributed by atoms with E-state index < -0.39 is 5.97 Å². The van der Waals surface area contributed by atoms with Crippen LogP contribution in [-0.2, 0) is 11.3 Å². The number of carbonyl (C=O) groups excluding carboxylic acids is 1. The van der Waals surface area contributed by atoms with Crippen molar-refractivity contribution in [3.8, 4) is 5.88 Å². The lowest BCUT2D eigenvalue weighted by Gasteiger charge is -2.32. The van der Waals surface area contributed by atoms with E-state index in [2.05, 4.69) is 34.0 Å². The van der Waals surface area contributed by atoms with Crippen LogP contribution in [0.3, 0.4) is 0 Å². The molecular weight excluding hydrogens is 460 g/mol. The number of aromatic nitrogens is 1. The second-order valence-electron chi connectivity index (χ2n) is 8.82. The van der Waals surface area contributed by atoms with E-state index in [1.807, 2.05) is 35.0 Å². The minimum atomic E-state index is -0.425. The number of aromatic hydroxyl groups is 1. The van der Waals surface area contributed by atoms with Crippen molar-refractivity contribution in [2.24, 2.45) is 4.99 Å². The van der Waals surface area contributed by atoms with E-state index in [4.69, 9.17) is 9.73 Å². The monoisotopic (exact) mass is 488 g/mol. The third kappa shape index (κ3) is 5.00. The van der Waals surface area contributed by atoms with E-state index in [0.717, 1.165) is 49.4 Å². The quantitative estimate of drug-likeness (QED) is 0.305. The first kappa shape index (κ1) is 23.3. The maximum atomic E-state index is 12.0. The highest BCUT2D eigenvalue weighted by molar-refractivity contribution is 7.08. The van der Waals surface area contributed by atoms with Crippen LogP contribution >= 0.6 is 11.3 Å². The summed E-state index contributed by atoms with van der Waals surface area (Å²) in [6, 6.07) is 15.5. The van der Waals surface area contributed by atoms with E-state index in [1.165, 1.54) is 12.7 Å². The number of rotatable bonds is 6. The van der Waals surface area contributed by atoms with Gasteiger partial charge in [-0.15, -0.1) is 0 Å². The Hall–Kier alpha value is -3.46. The van der Waals surface area contributed by atoms with Crippen LogP contribution in [0.25, 0.3) is 10.9 Å². The van der Waals surface area contributed by atoms with Crippen LogP contribution in [0.4, 0.5) is 5.69 Å². The summed E-state index contributed by atoms with van der Waals surface area (Å²) >= 11 is 1.58. The highest BCUT2D eigenvalue weighted by Crippen LogP contribution is 2.32. The number of H-pyrrole nitrogens is 1. The molecule has 2 N–H and O–H groups in total. The molecular formula is C27H28N4O3S. The Labute approximate surface area is 208 Å².